The maximum Gasteiger partial charge on any atom is 0.224 e. The van der Waals surface area contributed by atoms with E-state index >= 15 is 0 Å². The summed E-state index contributed by atoms with van der Waals surface area (Å²) in [6.45, 7) is 0. The number of fused-ring (bicyclic) bond motifs is 2. The highest BCUT2D eigenvalue weighted by Gasteiger charge is 2.06. The van der Waals surface area contributed by atoms with Crippen molar-refractivity contribution in [3.63, 3.8) is 0 Å². The largest absolute Gasteiger partial charge is 0.301 e. The highest BCUT2D eigenvalue weighted by molar-refractivity contribution is 6.28. The predicted octanol–water partition coefficient (Wildman–Crippen LogP) is 4.23. The SMILES string of the molecule is Clc1ncc2ccn(-c3ccc4ccccc4c3)c2n1. The Morgan fingerprint density at radius 1 is 0.900 bits per heavy atom. The highest BCUT2D eigenvalue weighted by atomic mass is 35.5. The van der Waals surface area contributed by atoms with Gasteiger partial charge in [-0.3, -0.25) is 0 Å². The average Bonchev–Trinajstić information content (AvgIpc) is 2.89. The second-order valence-electron chi connectivity index (χ2n) is 4.64. The highest BCUT2D eigenvalue weighted by Crippen LogP contribution is 2.23. The molecule has 0 radical (unpaired) electrons. The van der Waals surface area contributed by atoms with Crippen LogP contribution < -0.4 is 0 Å². The lowest BCUT2D eigenvalue weighted by atomic mass is 10.1. The summed E-state index contributed by atoms with van der Waals surface area (Å²) in [5.41, 5.74) is 1.88. The minimum absolute atomic E-state index is 0.262. The van der Waals surface area contributed by atoms with Crippen LogP contribution in [0.5, 0.6) is 0 Å². The summed E-state index contributed by atoms with van der Waals surface area (Å²) in [7, 11) is 0. The van der Waals surface area contributed by atoms with Crippen LogP contribution in [0.15, 0.2) is 60.9 Å². The molecule has 0 N–H and O–H groups in total. The normalized spacial score (nSPS) is 11.2. The Morgan fingerprint density at radius 3 is 2.65 bits per heavy atom. The molecular weight excluding hydrogens is 270 g/mol. The third kappa shape index (κ3) is 1.75. The molecule has 3 nitrogen and oxygen atoms in total. The Hall–Kier alpha value is -2.39. The molecule has 0 aliphatic heterocycles. The summed E-state index contributed by atoms with van der Waals surface area (Å²) in [5.74, 6) is 0. The zero-order chi connectivity index (χ0) is 13.5. The van der Waals surface area contributed by atoms with Gasteiger partial charge < -0.3 is 4.57 Å². The van der Waals surface area contributed by atoms with Gasteiger partial charge in [-0.15, -0.1) is 0 Å². The molecule has 4 aromatic rings. The first-order chi connectivity index (χ1) is 9.81. The van der Waals surface area contributed by atoms with Gasteiger partial charge in [-0.1, -0.05) is 30.3 Å². The van der Waals surface area contributed by atoms with Crippen LogP contribution >= 0.6 is 11.6 Å². The lowest BCUT2D eigenvalue weighted by Crippen LogP contribution is -1.94. The molecule has 0 aliphatic carbocycles. The maximum atomic E-state index is 5.89. The smallest absolute Gasteiger partial charge is 0.224 e. The van der Waals surface area contributed by atoms with Crippen LogP contribution in [0.2, 0.25) is 5.28 Å². The predicted molar refractivity (Wildman–Crippen MR) is 81.4 cm³/mol. The van der Waals surface area contributed by atoms with Crippen molar-refractivity contribution in [2.75, 3.05) is 0 Å². The molecule has 96 valence electrons. The van der Waals surface area contributed by atoms with E-state index in [1.807, 2.05) is 29.0 Å². The Morgan fingerprint density at radius 2 is 1.75 bits per heavy atom. The molecule has 4 rings (SSSR count). The van der Waals surface area contributed by atoms with E-state index in [-0.39, 0.29) is 5.28 Å². The molecule has 0 saturated heterocycles. The molecule has 0 aliphatic rings. The Kier molecular flexibility index (Phi) is 2.47. The molecule has 0 fully saturated rings. The molecule has 0 bridgehead atoms. The van der Waals surface area contributed by atoms with Crippen molar-refractivity contribution in [3.8, 4) is 5.69 Å². The zero-order valence-electron chi connectivity index (χ0n) is 10.5. The summed E-state index contributed by atoms with van der Waals surface area (Å²) < 4.78 is 2.02. The molecule has 2 aromatic heterocycles. The van der Waals surface area contributed by atoms with Gasteiger partial charge in [0.25, 0.3) is 0 Å². The van der Waals surface area contributed by atoms with E-state index in [2.05, 4.69) is 40.3 Å². The summed E-state index contributed by atoms with van der Waals surface area (Å²) >= 11 is 5.89. The molecule has 2 aromatic carbocycles. The van der Waals surface area contributed by atoms with Crippen LogP contribution in [0.25, 0.3) is 27.5 Å². The number of hydrogen-bond donors (Lipinski definition) is 0. The van der Waals surface area contributed by atoms with Gasteiger partial charge in [-0.2, -0.15) is 4.98 Å². The van der Waals surface area contributed by atoms with Crippen LogP contribution in [0.1, 0.15) is 0 Å². The van der Waals surface area contributed by atoms with Crippen molar-refractivity contribution in [2.24, 2.45) is 0 Å². The average molecular weight is 280 g/mol. The third-order valence-corrected chi connectivity index (χ3v) is 3.59. The van der Waals surface area contributed by atoms with Gasteiger partial charge in [0.1, 0.15) is 5.65 Å². The molecule has 0 atom stereocenters. The van der Waals surface area contributed by atoms with Gasteiger partial charge in [-0.25, -0.2) is 4.98 Å². The summed E-state index contributed by atoms with van der Waals surface area (Å²) in [4.78, 5) is 8.31. The van der Waals surface area contributed by atoms with E-state index in [1.165, 1.54) is 10.8 Å². The molecule has 4 heteroatoms. The van der Waals surface area contributed by atoms with E-state index in [1.54, 1.807) is 6.20 Å². The van der Waals surface area contributed by atoms with Crippen molar-refractivity contribution < 1.29 is 0 Å². The van der Waals surface area contributed by atoms with Crippen LogP contribution in [-0.4, -0.2) is 14.5 Å². The minimum Gasteiger partial charge on any atom is -0.301 e. The maximum absolute atomic E-state index is 5.89. The van der Waals surface area contributed by atoms with Crippen molar-refractivity contribution >= 4 is 33.4 Å². The van der Waals surface area contributed by atoms with Crippen molar-refractivity contribution in [1.82, 2.24) is 14.5 Å². The molecule has 0 saturated carbocycles. The number of benzene rings is 2. The van der Waals surface area contributed by atoms with Gasteiger partial charge >= 0.3 is 0 Å². The first kappa shape index (κ1) is 11.4. The monoisotopic (exact) mass is 279 g/mol. The molecule has 0 amide bonds. The van der Waals surface area contributed by atoms with Crippen LogP contribution in [0, 0.1) is 0 Å². The van der Waals surface area contributed by atoms with Crippen LogP contribution in [0.4, 0.5) is 0 Å². The second kappa shape index (κ2) is 4.32. The van der Waals surface area contributed by atoms with E-state index in [0.717, 1.165) is 16.7 Å². The number of aromatic nitrogens is 3. The first-order valence-corrected chi connectivity index (χ1v) is 6.68. The van der Waals surface area contributed by atoms with E-state index in [9.17, 15) is 0 Å². The summed E-state index contributed by atoms with van der Waals surface area (Å²) in [6.07, 6.45) is 3.72. The fourth-order valence-corrected chi connectivity index (χ4v) is 2.56. The fourth-order valence-electron chi connectivity index (χ4n) is 2.43. The fraction of sp³-hybridized carbons (Fsp3) is 0. The van der Waals surface area contributed by atoms with Crippen molar-refractivity contribution in [1.29, 1.82) is 0 Å². The Balaban J connectivity index is 1.98. The molecule has 0 unspecified atom stereocenters. The van der Waals surface area contributed by atoms with Gasteiger partial charge in [0, 0.05) is 23.5 Å². The Bertz CT molecular complexity index is 927. The third-order valence-electron chi connectivity index (χ3n) is 3.41. The number of rotatable bonds is 1. The number of nitrogens with zero attached hydrogens (tertiary/aromatic N) is 3. The van der Waals surface area contributed by atoms with Gasteiger partial charge in [0.15, 0.2) is 0 Å². The zero-order valence-corrected chi connectivity index (χ0v) is 11.2. The van der Waals surface area contributed by atoms with Gasteiger partial charge in [-0.05, 0) is 40.6 Å². The quantitative estimate of drug-likeness (QED) is 0.488. The molecular formula is C16H10ClN3. The van der Waals surface area contributed by atoms with Gasteiger partial charge in [0.2, 0.25) is 5.28 Å². The second-order valence-corrected chi connectivity index (χ2v) is 4.97. The Labute approximate surface area is 120 Å². The lowest BCUT2D eigenvalue weighted by molar-refractivity contribution is 1.08. The van der Waals surface area contributed by atoms with E-state index < -0.39 is 0 Å². The molecule has 20 heavy (non-hydrogen) atoms. The van der Waals surface area contributed by atoms with Gasteiger partial charge in [0.05, 0.1) is 0 Å². The summed E-state index contributed by atoms with van der Waals surface area (Å²) in [5, 5.41) is 3.66. The van der Waals surface area contributed by atoms with Crippen LogP contribution in [0.3, 0.4) is 0 Å². The first-order valence-electron chi connectivity index (χ1n) is 6.30. The van der Waals surface area contributed by atoms with E-state index in [0.29, 0.717) is 0 Å². The minimum atomic E-state index is 0.262. The van der Waals surface area contributed by atoms with Crippen molar-refractivity contribution in [2.45, 2.75) is 0 Å². The summed E-state index contributed by atoms with van der Waals surface area (Å²) in [6, 6.07) is 16.6. The molecule has 0 spiro atoms. The molecule has 2 heterocycles. The number of hydrogen-bond acceptors (Lipinski definition) is 2. The van der Waals surface area contributed by atoms with Crippen LogP contribution in [-0.2, 0) is 0 Å². The standard InChI is InChI=1S/C16H10ClN3/c17-16-18-10-13-7-8-20(15(13)19-16)14-6-5-11-3-1-2-4-12(11)9-14/h1-10H. The van der Waals surface area contributed by atoms with Crippen molar-refractivity contribution in [3.05, 3.63) is 66.2 Å². The number of halogens is 1. The van der Waals surface area contributed by atoms with E-state index in [4.69, 9.17) is 11.6 Å². The lowest BCUT2D eigenvalue weighted by Gasteiger charge is -2.06. The topological polar surface area (TPSA) is 30.7 Å².